The van der Waals surface area contributed by atoms with Gasteiger partial charge in [0.2, 0.25) is 0 Å². The Balaban J connectivity index is 2.20. The average Bonchev–Trinajstić information content (AvgIpc) is 2.62. The van der Waals surface area contributed by atoms with Gasteiger partial charge in [-0.2, -0.15) is 0 Å². The Morgan fingerprint density at radius 2 is 1.88 bits per heavy atom. The van der Waals surface area contributed by atoms with Crippen molar-refractivity contribution in [2.24, 2.45) is 0 Å². The van der Waals surface area contributed by atoms with E-state index in [0.717, 1.165) is 11.4 Å². The van der Waals surface area contributed by atoms with E-state index < -0.39 is 0 Å². The van der Waals surface area contributed by atoms with Gasteiger partial charge in [0.1, 0.15) is 0 Å². The van der Waals surface area contributed by atoms with Crippen LogP contribution in [0, 0.1) is 13.8 Å². The molecule has 84 valence electrons. The number of nitrogens with one attached hydrogen (secondary N) is 1. The summed E-state index contributed by atoms with van der Waals surface area (Å²) in [6, 6.07) is 8.24. The van der Waals surface area contributed by atoms with Crippen LogP contribution in [0.5, 0.6) is 5.75 Å². The van der Waals surface area contributed by atoms with Crippen LogP contribution in [0.2, 0.25) is 0 Å². The molecule has 0 fully saturated rings. The normalized spacial score (nSPS) is 10.4. The second kappa shape index (κ2) is 4.72. The first-order valence-electron chi connectivity index (χ1n) is 5.04. The molecular formula is C12H14N2OSe. The first kappa shape index (κ1) is 11.2. The van der Waals surface area contributed by atoms with Crippen molar-refractivity contribution in [3.05, 3.63) is 35.7 Å². The van der Waals surface area contributed by atoms with E-state index in [0.29, 0.717) is 15.0 Å². The third kappa shape index (κ3) is 2.29. The number of rotatable bonds is 3. The molecule has 16 heavy (non-hydrogen) atoms. The van der Waals surface area contributed by atoms with E-state index in [2.05, 4.69) is 29.3 Å². The van der Waals surface area contributed by atoms with Gasteiger partial charge in [0.25, 0.3) is 0 Å². The molecule has 0 spiro atoms. The summed E-state index contributed by atoms with van der Waals surface area (Å²) in [5.41, 5.74) is 2.28. The third-order valence-electron chi connectivity index (χ3n) is 2.34. The Morgan fingerprint density at radius 3 is 2.38 bits per heavy atom. The zero-order valence-electron chi connectivity index (χ0n) is 9.57. The molecule has 0 atom stereocenters. The molecular weight excluding hydrogens is 267 g/mol. The molecule has 0 amide bonds. The monoisotopic (exact) mass is 282 g/mol. The van der Waals surface area contributed by atoms with Gasteiger partial charge in [-0.15, -0.1) is 0 Å². The van der Waals surface area contributed by atoms with E-state index in [9.17, 15) is 0 Å². The van der Waals surface area contributed by atoms with Crippen LogP contribution < -0.4 is 13.7 Å². The fourth-order valence-corrected chi connectivity index (χ4v) is 3.34. The molecule has 4 heteroatoms. The molecule has 2 rings (SSSR count). The molecule has 1 N–H and O–H groups in total. The van der Waals surface area contributed by atoms with Gasteiger partial charge in [0.05, 0.1) is 0 Å². The summed E-state index contributed by atoms with van der Waals surface area (Å²) in [5, 5.41) is 7.23. The van der Waals surface area contributed by atoms with Gasteiger partial charge >= 0.3 is 101 Å². The summed E-state index contributed by atoms with van der Waals surface area (Å²) in [6.07, 6.45) is 0. The van der Waals surface area contributed by atoms with Crippen molar-refractivity contribution in [2.45, 2.75) is 13.8 Å². The van der Waals surface area contributed by atoms with Crippen LogP contribution in [-0.2, 0) is 0 Å². The van der Waals surface area contributed by atoms with Crippen molar-refractivity contribution < 1.29 is 4.74 Å². The summed E-state index contributed by atoms with van der Waals surface area (Å²) in [5.74, 6) is 0.903. The van der Waals surface area contributed by atoms with Crippen LogP contribution in [0.1, 0.15) is 11.4 Å². The number of aryl methyl sites for hydroxylation is 2. The number of ether oxygens (including phenoxy) is 1. The minimum atomic E-state index is 0.313. The summed E-state index contributed by atoms with van der Waals surface area (Å²) >= 11 is 0.313. The molecule has 0 unspecified atom stereocenters. The van der Waals surface area contributed by atoms with Crippen LogP contribution in [0.25, 0.3) is 0 Å². The summed E-state index contributed by atoms with van der Waals surface area (Å²) in [6.45, 7) is 4.12. The molecule has 0 aliphatic rings. The van der Waals surface area contributed by atoms with Gasteiger partial charge in [0, 0.05) is 0 Å². The van der Waals surface area contributed by atoms with Crippen molar-refractivity contribution in [2.75, 3.05) is 7.11 Å². The van der Waals surface area contributed by atoms with E-state index in [-0.39, 0.29) is 0 Å². The maximum atomic E-state index is 5.14. The van der Waals surface area contributed by atoms with Crippen molar-refractivity contribution >= 4 is 23.9 Å². The molecule has 0 aliphatic heterocycles. The molecule has 0 bridgehead atoms. The number of H-pyrrole nitrogens is 1. The van der Waals surface area contributed by atoms with Crippen LogP contribution >= 0.6 is 0 Å². The summed E-state index contributed by atoms with van der Waals surface area (Å²) in [4.78, 5) is 0. The van der Waals surface area contributed by atoms with Crippen LogP contribution in [0.3, 0.4) is 0 Å². The van der Waals surface area contributed by atoms with Gasteiger partial charge in [-0.1, -0.05) is 0 Å². The second-order valence-corrected chi connectivity index (χ2v) is 5.81. The van der Waals surface area contributed by atoms with Gasteiger partial charge in [-0.05, 0) is 0 Å². The SMILES string of the molecule is COc1ccc([Se]c2c(C)n[nH]c2C)cc1. The number of hydrogen-bond donors (Lipinski definition) is 1. The van der Waals surface area contributed by atoms with Crippen LogP contribution in [0.4, 0.5) is 0 Å². The van der Waals surface area contributed by atoms with Gasteiger partial charge in [0.15, 0.2) is 0 Å². The fraction of sp³-hybridized carbons (Fsp3) is 0.250. The maximum absolute atomic E-state index is 5.14. The molecule has 0 aliphatic carbocycles. The zero-order valence-corrected chi connectivity index (χ0v) is 11.3. The standard InChI is InChI=1S/C12H14N2OSe/c1-8-12(9(2)14-13-8)16-11-6-4-10(15-3)5-7-11/h4-7H,1-3H3,(H,13,14). The Labute approximate surface area is 101 Å². The van der Waals surface area contributed by atoms with Gasteiger partial charge < -0.3 is 0 Å². The van der Waals surface area contributed by atoms with Crippen LogP contribution in [-0.4, -0.2) is 32.3 Å². The quantitative estimate of drug-likeness (QED) is 0.841. The number of nitrogens with zero attached hydrogens (tertiary/aromatic N) is 1. The molecule has 1 heterocycles. The first-order valence-corrected chi connectivity index (χ1v) is 6.75. The number of aromatic amines is 1. The van der Waals surface area contributed by atoms with E-state index in [1.807, 2.05) is 19.1 Å². The topological polar surface area (TPSA) is 37.9 Å². The van der Waals surface area contributed by atoms with Crippen molar-refractivity contribution in [3.63, 3.8) is 0 Å². The molecule has 3 nitrogen and oxygen atoms in total. The average molecular weight is 281 g/mol. The zero-order chi connectivity index (χ0) is 11.5. The van der Waals surface area contributed by atoms with Crippen molar-refractivity contribution in [1.82, 2.24) is 10.2 Å². The van der Waals surface area contributed by atoms with Gasteiger partial charge in [-0.3, -0.25) is 0 Å². The number of benzene rings is 1. The van der Waals surface area contributed by atoms with E-state index in [1.165, 1.54) is 14.6 Å². The Hall–Kier alpha value is -1.25. The Kier molecular flexibility index (Phi) is 3.32. The van der Waals surface area contributed by atoms with E-state index in [1.54, 1.807) is 7.11 Å². The summed E-state index contributed by atoms with van der Waals surface area (Å²) < 4.78 is 7.82. The predicted octanol–water partition coefficient (Wildman–Crippen LogP) is 0.690. The number of methoxy groups -OCH3 is 1. The van der Waals surface area contributed by atoms with Crippen molar-refractivity contribution in [1.29, 1.82) is 0 Å². The Bertz CT molecular complexity index is 457. The molecule has 1 aromatic heterocycles. The molecule has 1 aromatic carbocycles. The Morgan fingerprint density at radius 1 is 1.19 bits per heavy atom. The van der Waals surface area contributed by atoms with E-state index >= 15 is 0 Å². The number of aromatic nitrogens is 2. The fourth-order valence-electron chi connectivity index (χ4n) is 1.45. The molecule has 0 saturated carbocycles. The first-order chi connectivity index (χ1) is 7.70. The summed E-state index contributed by atoms with van der Waals surface area (Å²) in [7, 11) is 1.69. The molecule has 0 radical (unpaired) electrons. The van der Waals surface area contributed by atoms with Crippen molar-refractivity contribution in [3.8, 4) is 5.75 Å². The molecule has 0 saturated heterocycles. The minimum absolute atomic E-state index is 0.313. The van der Waals surface area contributed by atoms with Crippen LogP contribution in [0.15, 0.2) is 24.3 Å². The van der Waals surface area contributed by atoms with Gasteiger partial charge in [-0.25, -0.2) is 0 Å². The second-order valence-electron chi connectivity index (χ2n) is 3.54. The van der Waals surface area contributed by atoms with E-state index in [4.69, 9.17) is 4.74 Å². The number of hydrogen-bond acceptors (Lipinski definition) is 2. The molecule has 2 aromatic rings. The predicted molar refractivity (Wildman–Crippen MR) is 66.1 cm³/mol. The third-order valence-corrected chi connectivity index (χ3v) is 5.10.